The Balaban J connectivity index is 2.58. The van der Waals surface area contributed by atoms with Crippen LogP contribution in [0.5, 0.6) is 0 Å². The van der Waals surface area contributed by atoms with Gasteiger partial charge < -0.3 is 5.32 Å². The molecule has 1 rings (SSSR count). The van der Waals surface area contributed by atoms with Crippen molar-refractivity contribution in [2.24, 2.45) is 0 Å². The first kappa shape index (κ1) is 14.0. The van der Waals surface area contributed by atoms with Gasteiger partial charge in [-0.15, -0.1) is 0 Å². The minimum atomic E-state index is -0.538. The number of nitro benzene ring substituents is 1. The van der Waals surface area contributed by atoms with Crippen molar-refractivity contribution >= 4 is 11.4 Å². The predicted molar refractivity (Wildman–Crippen MR) is 70.4 cm³/mol. The van der Waals surface area contributed by atoms with E-state index in [9.17, 15) is 10.1 Å². The summed E-state index contributed by atoms with van der Waals surface area (Å²) in [6, 6.07) is 6.38. The molecule has 0 aromatic heterocycles. The third kappa shape index (κ3) is 4.06. The number of benzene rings is 1. The highest BCUT2D eigenvalue weighted by molar-refractivity contribution is 5.58. The van der Waals surface area contributed by atoms with E-state index in [1.54, 1.807) is 6.07 Å². The highest BCUT2D eigenvalue weighted by Gasteiger charge is 2.13. The number of hydrogen-bond acceptors (Lipinski definition) is 4. The quantitative estimate of drug-likeness (QED) is 0.454. The van der Waals surface area contributed by atoms with Gasteiger partial charge in [0, 0.05) is 18.3 Å². The smallest absolute Gasteiger partial charge is 0.287 e. The summed E-state index contributed by atoms with van der Waals surface area (Å²) >= 11 is 0. The maximum Gasteiger partial charge on any atom is 0.287 e. The third-order valence-corrected chi connectivity index (χ3v) is 2.67. The van der Waals surface area contributed by atoms with Crippen LogP contribution in [0.3, 0.4) is 0 Å². The van der Waals surface area contributed by atoms with E-state index in [-0.39, 0.29) is 11.3 Å². The van der Waals surface area contributed by atoms with E-state index in [0.29, 0.717) is 0 Å². The fourth-order valence-electron chi connectivity index (χ4n) is 1.68. The Hall–Kier alpha value is -2.09. The van der Waals surface area contributed by atoms with Gasteiger partial charge in [0.1, 0.15) is 11.6 Å². The van der Waals surface area contributed by atoms with Crippen molar-refractivity contribution in [1.29, 1.82) is 5.26 Å². The molecule has 0 unspecified atom stereocenters. The summed E-state index contributed by atoms with van der Waals surface area (Å²) < 4.78 is 0. The summed E-state index contributed by atoms with van der Waals surface area (Å²) in [4.78, 5) is 10.1. The van der Waals surface area contributed by atoms with E-state index >= 15 is 0 Å². The summed E-state index contributed by atoms with van der Waals surface area (Å²) in [6.45, 7) is 2.98. The molecular formula is C13H17N3O2. The summed E-state index contributed by atoms with van der Waals surface area (Å²) in [5.41, 5.74) is 0.709. The van der Waals surface area contributed by atoms with Gasteiger partial charge in [-0.1, -0.05) is 26.2 Å². The van der Waals surface area contributed by atoms with Crippen LogP contribution in [-0.4, -0.2) is 11.5 Å². The Labute approximate surface area is 107 Å². The van der Waals surface area contributed by atoms with Crippen LogP contribution in [0.15, 0.2) is 18.2 Å². The fourth-order valence-corrected chi connectivity index (χ4v) is 1.68. The molecule has 0 aliphatic heterocycles. The Morgan fingerprint density at radius 2 is 2.17 bits per heavy atom. The standard InChI is InChI=1S/C13H17N3O2/c1-2-3-4-5-8-15-12-6-7-13(16(17)18)11(9-12)10-14/h6-7,9,15H,2-5,8H2,1H3. The summed E-state index contributed by atoms with van der Waals surface area (Å²) in [5, 5.41) is 22.7. The fraction of sp³-hybridized carbons (Fsp3) is 0.462. The molecule has 18 heavy (non-hydrogen) atoms. The minimum Gasteiger partial charge on any atom is -0.385 e. The first-order valence-electron chi connectivity index (χ1n) is 6.11. The van der Waals surface area contributed by atoms with Gasteiger partial charge >= 0.3 is 0 Å². The topological polar surface area (TPSA) is 79.0 Å². The molecule has 1 aromatic carbocycles. The lowest BCUT2D eigenvalue weighted by Crippen LogP contribution is -2.02. The monoisotopic (exact) mass is 247 g/mol. The average Bonchev–Trinajstić information content (AvgIpc) is 2.38. The summed E-state index contributed by atoms with van der Waals surface area (Å²) in [5.74, 6) is 0. The largest absolute Gasteiger partial charge is 0.385 e. The molecular weight excluding hydrogens is 230 g/mol. The highest BCUT2D eigenvalue weighted by atomic mass is 16.6. The summed E-state index contributed by atoms with van der Waals surface area (Å²) in [7, 11) is 0. The van der Waals surface area contributed by atoms with E-state index in [1.165, 1.54) is 31.4 Å². The molecule has 0 saturated heterocycles. The molecule has 0 atom stereocenters. The predicted octanol–water partition coefficient (Wildman–Crippen LogP) is 3.46. The third-order valence-electron chi connectivity index (χ3n) is 2.67. The molecule has 96 valence electrons. The van der Waals surface area contributed by atoms with Gasteiger partial charge in [-0.3, -0.25) is 10.1 Å². The summed E-state index contributed by atoms with van der Waals surface area (Å²) in [6.07, 6.45) is 4.63. The number of nitriles is 1. The van der Waals surface area contributed by atoms with E-state index in [4.69, 9.17) is 5.26 Å². The van der Waals surface area contributed by atoms with Crippen molar-refractivity contribution in [3.63, 3.8) is 0 Å². The van der Waals surface area contributed by atoms with Crippen molar-refractivity contribution in [2.75, 3.05) is 11.9 Å². The molecule has 5 heteroatoms. The van der Waals surface area contributed by atoms with E-state index < -0.39 is 4.92 Å². The van der Waals surface area contributed by atoms with Crippen molar-refractivity contribution < 1.29 is 4.92 Å². The van der Waals surface area contributed by atoms with Crippen molar-refractivity contribution in [1.82, 2.24) is 0 Å². The van der Waals surface area contributed by atoms with E-state index in [0.717, 1.165) is 18.7 Å². The zero-order chi connectivity index (χ0) is 13.4. The van der Waals surface area contributed by atoms with Crippen LogP contribution < -0.4 is 5.32 Å². The Kier molecular flexibility index (Phi) is 5.65. The Morgan fingerprint density at radius 3 is 2.78 bits per heavy atom. The second-order valence-corrected chi connectivity index (χ2v) is 4.09. The normalized spacial score (nSPS) is 9.78. The van der Waals surface area contributed by atoms with Gasteiger partial charge in [-0.25, -0.2) is 0 Å². The molecule has 5 nitrogen and oxygen atoms in total. The molecule has 0 fully saturated rings. The molecule has 0 aliphatic rings. The number of rotatable bonds is 7. The lowest BCUT2D eigenvalue weighted by atomic mass is 10.1. The zero-order valence-electron chi connectivity index (χ0n) is 10.5. The minimum absolute atomic E-state index is 0.0959. The van der Waals surface area contributed by atoms with E-state index in [1.807, 2.05) is 6.07 Å². The lowest BCUT2D eigenvalue weighted by Gasteiger charge is -2.06. The van der Waals surface area contributed by atoms with Gasteiger partial charge in [-0.05, 0) is 18.6 Å². The number of unbranched alkanes of at least 4 members (excludes halogenated alkanes) is 3. The van der Waals surface area contributed by atoms with E-state index in [2.05, 4.69) is 12.2 Å². The maximum atomic E-state index is 10.7. The van der Waals surface area contributed by atoms with Crippen LogP contribution in [0.2, 0.25) is 0 Å². The molecule has 0 amide bonds. The van der Waals surface area contributed by atoms with Crippen LogP contribution in [0.1, 0.15) is 38.2 Å². The second kappa shape index (κ2) is 7.28. The molecule has 0 radical (unpaired) electrons. The number of nitrogens with one attached hydrogen (secondary N) is 1. The molecule has 0 spiro atoms. The van der Waals surface area contributed by atoms with Crippen molar-refractivity contribution in [3.05, 3.63) is 33.9 Å². The number of anilines is 1. The zero-order valence-corrected chi connectivity index (χ0v) is 10.5. The molecule has 0 aliphatic carbocycles. The molecule has 0 heterocycles. The Morgan fingerprint density at radius 1 is 1.39 bits per heavy atom. The SMILES string of the molecule is CCCCCCNc1ccc([N+](=O)[O-])c(C#N)c1. The van der Waals surface area contributed by atoms with Gasteiger partial charge in [-0.2, -0.15) is 5.26 Å². The molecule has 0 bridgehead atoms. The van der Waals surface area contributed by atoms with Crippen LogP contribution in [-0.2, 0) is 0 Å². The average molecular weight is 247 g/mol. The first-order chi connectivity index (χ1) is 8.69. The number of hydrogen-bond donors (Lipinski definition) is 1. The van der Waals surface area contributed by atoms with Gasteiger partial charge in [0.2, 0.25) is 0 Å². The molecule has 1 N–H and O–H groups in total. The Bertz CT molecular complexity index is 452. The van der Waals surface area contributed by atoms with Crippen LogP contribution >= 0.6 is 0 Å². The van der Waals surface area contributed by atoms with Crippen molar-refractivity contribution in [3.8, 4) is 6.07 Å². The van der Waals surface area contributed by atoms with Crippen LogP contribution in [0.4, 0.5) is 11.4 Å². The first-order valence-corrected chi connectivity index (χ1v) is 6.11. The van der Waals surface area contributed by atoms with Gasteiger partial charge in [0.25, 0.3) is 5.69 Å². The number of nitrogens with zero attached hydrogens (tertiary/aromatic N) is 2. The molecule has 0 saturated carbocycles. The second-order valence-electron chi connectivity index (χ2n) is 4.09. The number of nitro groups is 1. The van der Waals surface area contributed by atoms with Crippen LogP contribution in [0.25, 0.3) is 0 Å². The van der Waals surface area contributed by atoms with Crippen molar-refractivity contribution in [2.45, 2.75) is 32.6 Å². The molecule has 1 aromatic rings. The van der Waals surface area contributed by atoms with Gasteiger partial charge in [0.05, 0.1) is 4.92 Å². The highest BCUT2D eigenvalue weighted by Crippen LogP contribution is 2.21. The van der Waals surface area contributed by atoms with Gasteiger partial charge in [0.15, 0.2) is 0 Å². The van der Waals surface area contributed by atoms with Crippen LogP contribution in [0, 0.1) is 21.4 Å². The lowest BCUT2D eigenvalue weighted by molar-refractivity contribution is -0.385. The maximum absolute atomic E-state index is 10.7.